The summed E-state index contributed by atoms with van der Waals surface area (Å²) in [5, 5.41) is 5.15. The highest BCUT2D eigenvalue weighted by atomic mass is 28.4. The zero-order valence-corrected chi connectivity index (χ0v) is 22.3. The molecule has 0 aromatic carbocycles. The Kier molecular flexibility index (Phi) is 7.82. The zero-order valence-electron chi connectivity index (χ0n) is 21.3. The van der Waals surface area contributed by atoms with E-state index in [0.717, 1.165) is 0 Å². The Balaban J connectivity index is 2.12. The second-order valence-corrected chi connectivity index (χ2v) is 14.5. The van der Waals surface area contributed by atoms with E-state index >= 15 is 0 Å². The number of hydrogen-bond acceptors (Lipinski definition) is 9. The van der Waals surface area contributed by atoms with Gasteiger partial charge in [-0.25, -0.2) is 24.5 Å². The predicted octanol–water partition coefficient (Wildman–Crippen LogP) is 2.11. The normalized spacial score (nSPS) is 21.9. The van der Waals surface area contributed by atoms with E-state index in [4.69, 9.17) is 19.6 Å². The topological polar surface area (TPSA) is 156 Å². The van der Waals surface area contributed by atoms with Crippen molar-refractivity contribution in [1.29, 1.82) is 0 Å². The first-order chi connectivity index (χ1) is 16.4. The highest BCUT2D eigenvalue weighted by Gasteiger charge is 2.48. The molecule has 3 atom stereocenters. The summed E-state index contributed by atoms with van der Waals surface area (Å²) in [5.41, 5.74) is 7.47. The van der Waals surface area contributed by atoms with Crippen LogP contribution in [0.2, 0.25) is 18.1 Å². The lowest BCUT2D eigenvalue weighted by molar-refractivity contribution is -0.137. The second kappa shape index (κ2) is 10.3. The van der Waals surface area contributed by atoms with E-state index in [1.165, 1.54) is 19.5 Å². The molecule has 35 heavy (non-hydrogen) atoms. The number of nitrogens with zero attached hydrogens (tertiary/aromatic N) is 4. The molecule has 0 saturated carbocycles. The van der Waals surface area contributed by atoms with Crippen LogP contribution >= 0.6 is 0 Å². The number of aromatic nitrogens is 4. The molecule has 2 aromatic rings. The standard InChI is InChI=1S/C22H35N7O5Si/c1-8-32-15(30)9-13-14(10-25-21(31)24-5)33-20(17(13)34-35(6,7)22(2,3)4)29-12-28-16-18(23)26-11-27-19(16)29/h9,11-12,14,17,20H,8,10H2,1-7H3,(H2,23,26,27)(H2,24,25,31)/t14-,17-,20-/m1/s1. The number of nitrogens with one attached hydrogen (secondary N) is 2. The van der Waals surface area contributed by atoms with E-state index in [9.17, 15) is 9.59 Å². The smallest absolute Gasteiger partial charge is 0.330 e. The number of rotatable bonds is 7. The number of nitrogen functional groups attached to an aromatic ring is 1. The van der Waals surface area contributed by atoms with Crippen molar-refractivity contribution in [3.8, 4) is 0 Å². The summed E-state index contributed by atoms with van der Waals surface area (Å²) in [7, 11) is -0.837. The Morgan fingerprint density at radius 1 is 1.29 bits per heavy atom. The molecule has 192 valence electrons. The van der Waals surface area contributed by atoms with Crippen molar-refractivity contribution >= 4 is 37.3 Å². The molecule has 0 radical (unpaired) electrons. The minimum absolute atomic E-state index is 0.114. The third-order valence-corrected chi connectivity index (χ3v) is 10.9. The van der Waals surface area contributed by atoms with Crippen molar-refractivity contribution in [2.75, 3.05) is 25.9 Å². The Morgan fingerprint density at radius 2 is 2.00 bits per heavy atom. The maximum atomic E-state index is 12.5. The maximum absolute atomic E-state index is 12.5. The third-order valence-electron chi connectivity index (χ3n) is 6.40. The molecule has 1 aliphatic heterocycles. The van der Waals surface area contributed by atoms with E-state index in [1.54, 1.807) is 17.8 Å². The van der Waals surface area contributed by atoms with Gasteiger partial charge in [-0.2, -0.15) is 0 Å². The molecule has 1 saturated heterocycles. The van der Waals surface area contributed by atoms with E-state index < -0.39 is 32.7 Å². The van der Waals surface area contributed by atoms with Gasteiger partial charge >= 0.3 is 12.0 Å². The maximum Gasteiger partial charge on any atom is 0.330 e. The fourth-order valence-electron chi connectivity index (χ4n) is 3.49. The van der Waals surface area contributed by atoms with Crippen LogP contribution in [0.15, 0.2) is 24.3 Å². The molecule has 13 heteroatoms. The lowest BCUT2D eigenvalue weighted by Crippen LogP contribution is -2.46. The Labute approximate surface area is 205 Å². The van der Waals surface area contributed by atoms with Gasteiger partial charge < -0.3 is 30.3 Å². The van der Waals surface area contributed by atoms with Crippen LogP contribution in [0, 0.1) is 0 Å². The van der Waals surface area contributed by atoms with Crippen molar-refractivity contribution in [2.24, 2.45) is 0 Å². The number of ether oxygens (including phenoxy) is 2. The van der Waals surface area contributed by atoms with Gasteiger partial charge in [-0.3, -0.25) is 4.57 Å². The summed E-state index contributed by atoms with van der Waals surface area (Å²) in [6.07, 6.45) is 2.28. The van der Waals surface area contributed by atoms with Gasteiger partial charge in [0.1, 0.15) is 24.1 Å². The van der Waals surface area contributed by atoms with E-state index in [2.05, 4.69) is 59.5 Å². The van der Waals surface area contributed by atoms with Gasteiger partial charge in [0, 0.05) is 19.7 Å². The van der Waals surface area contributed by atoms with Crippen molar-refractivity contribution < 1.29 is 23.5 Å². The van der Waals surface area contributed by atoms with Crippen LogP contribution in [0.25, 0.3) is 11.2 Å². The monoisotopic (exact) mass is 505 g/mol. The lowest BCUT2D eigenvalue weighted by atomic mass is 10.1. The van der Waals surface area contributed by atoms with Gasteiger partial charge in [0.2, 0.25) is 0 Å². The third kappa shape index (κ3) is 5.62. The van der Waals surface area contributed by atoms with Gasteiger partial charge in [0.25, 0.3) is 0 Å². The molecule has 0 aliphatic carbocycles. The molecule has 0 spiro atoms. The molecular weight excluding hydrogens is 470 g/mol. The van der Waals surface area contributed by atoms with Gasteiger partial charge in [0.05, 0.1) is 12.9 Å². The van der Waals surface area contributed by atoms with Crippen molar-refractivity contribution in [3.63, 3.8) is 0 Å². The van der Waals surface area contributed by atoms with Crippen LogP contribution in [0.4, 0.5) is 10.6 Å². The minimum Gasteiger partial charge on any atom is -0.463 e. The highest BCUT2D eigenvalue weighted by Crippen LogP contribution is 2.44. The van der Waals surface area contributed by atoms with E-state index in [-0.39, 0.29) is 30.0 Å². The number of urea groups is 1. The molecule has 2 aromatic heterocycles. The number of imidazole rings is 1. The van der Waals surface area contributed by atoms with E-state index in [0.29, 0.717) is 16.7 Å². The van der Waals surface area contributed by atoms with Crippen LogP contribution < -0.4 is 16.4 Å². The van der Waals surface area contributed by atoms with Crippen molar-refractivity contribution in [1.82, 2.24) is 30.2 Å². The number of anilines is 1. The molecular formula is C22H35N7O5Si. The lowest BCUT2D eigenvalue weighted by Gasteiger charge is -2.39. The quantitative estimate of drug-likeness (QED) is 0.291. The molecule has 1 fully saturated rings. The number of hydrogen-bond donors (Lipinski definition) is 3. The molecule has 1 aliphatic rings. The van der Waals surface area contributed by atoms with Crippen molar-refractivity contribution in [2.45, 2.75) is 64.3 Å². The molecule has 12 nitrogen and oxygen atoms in total. The van der Waals surface area contributed by atoms with Crippen molar-refractivity contribution in [3.05, 3.63) is 24.3 Å². The highest BCUT2D eigenvalue weighted by molar-refractivity contribution is 6.74. The predicted molar refractivity (Wildman–Crippen MR) is 133 cm³/mol. The fraction of sp³-hybridized carbons (Fsp3) is 0.591. The Bertz CT molecular complexity index is 1110. The second-order valence-electron chi connectivity index (χ2n) is 9.75. The van der Waals surface area contributed by atoms with Gasteiger partial charge in [-0.05, 0) is 30.6 Å². The number of carbonyl (C=O) groups excluding carboxylic acids is 2. The number of fused-ring (bicyclic) bond motifs is 1. The summed E-state index contributed by atoms with van der Waals surface area (Å²) in [6, 6.07) is -0.372. The summed E-state index contributed by atoms with van der Waals surface area (Å²) in [6.45, 7) is 12.7. The van der Waals surface area contributed by atoms with Crippen LogP contribution in [0.3, 0.4) is 0 Å². The summed E-state index contributed by atoms with van der Waals surface area (Å²) in [5.74, 6) is -0.267. The first kappa shape index (κ1) is 26.6. The van der Waals surface area contributed by atoms with Gasteiger partial charge in [-0.15, -0.1) is 0 Å². The first-order valence-electron chi connectivity index (χ1n) is 11.5. The molecule has 3 rings (SSSR count). The van der Waals surface area contributed by atoms with Gasteiger partial charge in [0.15, 0.2) is 26.0 Å². The van der Waals surface area contributed by atoms with Crippen LogP contribution in [0.1, 0.15) is 33.9 Å². The minimum atomic E-state index is -2.36. The largest absolute Gasteiger partial charge is 0.463 e. The van der Waals surface area contributed by atoms with Gasteiger partial charge in [-0.1, -0.05) is 20.8 Å². The summed E-state index contributed by atoms with van der Waals surface area (Å²) < 4.78 is 20.1. The van der Waals surface area contributed by atoms with Crippen LogP contribution in [-0.2, 0) is 18.7 Å². The average Bonchev–Trinajstić information content (AvgIpc) is 3.34. The Hall–Kier alpha value is -3.03. The number of carbonyl (C=O) groups is 2. The molecule has 0 bridgehead atoms. The Morgan fingerprint density at radius 3 is 2.63 bits per heavy atom. The van der Waals surface area contributed by atoms with Crippen LogP contribution in [0.5, 0.6) is 0 Å². The van der Waals surface area contributed by atoms with Crippen LogP contribution in [-0.4, -0.2) is 72.2 Å². The number of esters is 1. The SMILES string of the molecule is CCOC(=O)C=C1[C@@H](O[Si](C)(C)C(C)(C)C)[C@H](n2cnc3c(N)ncnc32)O[C@@H]1CNC(=O)NC. The average molecular weight is 506 g/mol. The first-order valence-corrected chi connectivity index (χ1v) is 14.4. The summed E-state index contributed by atoms with van der Waals surface area (Å²) >= 11 is 0. The molecule has 2 amide bonds. The zero-order chi connectivity index (χ0) is 26.0. The fourth-order valence-corrected chi connectivity index (χ4v) is 4.73. The summed E-state index contributed by atoms with van der Waals surface area (Å²) in [4.78, 5) is 37.2. The molecule has 0 unspecified atom stereocenters. The molecule has 4 N–H and O–H groups in total. The number of amides is 2. The molecule has 3 heterocycles. The number of nitrogens with two attached hydrogens (primary N) is 1. The van der Waals surface area contributed by atoms with E-state index in [1.807, 2.05) is 0 Å².